The summed E-state index contributed by atoms with van der Waals surface area (Å²) in [6.07, 6.45) is 8.67. The molecule has 0 saturated carbocycles. The number of H-pyrrole nitrogens is 1. The second-order valence-electron chi connectivity index (χ2n) is 7.41. The quantitative estimate of drug-likeness (QED) is 0.662. The smallest absolute Gasteiger partial charge is 0.141 e. The molecule has 148 valence electrons. The zero-order valence-corrected chi connectivity index (χ0v) is 16.5. The van der Waals surface area contributed by atoms with Crippen LogP contribution in [0.2, 0.25) is 0 Å². The van der Waals surface area contributed by atoms with E-state index in [2.05, 4.69) is 36.0 Å². The molecular formula is C19H21N9S. The molecule has 5 rings (SSSR count). The van der Waals surface area contributed by atoms with E-state index >= 15 is 0 Å². The van der Waals surface area contributed by atoms with E-state index < -0.39 is 0 Å². The molecule has 0 radical (unpaired) electrons. The minimum Gasteiger partial charge on any atom is -0.346 e. The van der Waals surface area contributed by atoms with E-state index in [1.165, 1.54) is 0 Å². The van der Waals surface area contributed by atoms with Crippen molar-refractivity contribution in [1.82, 2.24) is 29.6 Å². The predicted octanol–water partition coefficient (Wildman–Crippen LogP) is 1.98. The molecule has 1 fully saturated rings. The summed E-state index contributed by atoms with van der Waals surface area (Å²) in [6, 6.07) is 4.32. The van der Waals surface area contributed by atoms with Crippen molar-refractivity contribution in [2.75, 3.05) is 13.1 Å². The molecule has 3 aromatic rings. The Morgan fingerprint density at radius 2 is 2.34 bits per heavy atom. The molecule has 0 bridgehead atoms. The predicted molar refractivity (Wildman–Crippen MR) is 112 cm³/mol. The average Bonchev–Trinajstić information content (AvgIpc) is 3.52. The molecule has 2 aliphatic rings. The third kappa shape index (κ3) is 3.31. The summed E-state index contributed by atoms with van der Waals surface area (Å²) in [5.41, 5.74) is 10.6. The Morgan fingerprint density at radius 1 is 1.41 bits per heavy atom. The van der Waals surface area contributed by atoms with E-state index in [0.717, 1.165) is 41.8 Å². The van der Waals surface area contributed by atoms with Crippen LogP contribution >= 0.6 is 11.8 Å². The molecule has 9 nitrogen and oxygen atoms in total. The molecule has 3 aromatic heterocycles. The Kier molecular flexibility index (Phi) is 4.79. The second kappa shape index (κ2) is 7.59. The molecule has 0 aliphatic carbocycles. The summed E-state index contributed by atoms with van der Waals surface area (Å²) >= 11 is 1.57. The van der Waals surface area contributed by atoms with E-state index in [1.54, 1.807) is 18.1 Å². The lowest BCUT2D eigenvalue weighted by Crippen LogP contribution is -2.42. The molecule has 5 heterocycles. The summed E-state index contributed by atoms with van der Waals surface area (Å²) in [5, 5.41) is 15.0. The number of nitrogens with one attached hydrogen (secondary N) is 1. The number of hydrogen-bond acceptors (Lipinski definition) is 8. The van der Waals surface area contributed by atoms with Crippen LogP contribution < -0.4 is 5.73 Å². The van der Waals surface area contributed by atoms with Crippen molar-refractivity contribution in [3.05, 3.63) is 31.0 Å². The highest BCUT2D eigenvalue weighted by Gasteiger charge is 2.37. The fraction of sp³-hybridized carbons (Fsp3) is 0.421. The van der Waals surface area contributed by atoms with E-state index in [9.17, 15) is 5.26 Å². The highest BCUT2D eigenvalue weighted by molar-refractivity contribution is 8.12. The Balaban J connectivity index is 1.39. The number of nitrogens with zero attached hydrogens (tertiary/aromatic N) is 7. The van der Waals surface area contributed by atoms with Crippen LogP contribution in [0, 0.1) is 17.2 Å². The Labute approximate surface area is 172 Å². The van der Waals surface area contributed by atoms with Crippen LogP contribution in [0.4, 0.5) is 0 Å². The monoisotopic (exact) mass is 407 g/mol. The first kappa shape index (κ1) is 18.3. The Hall–Kier alpha value is -2.74. The first-order valence-corrected chi connectivity index (χ1v) is 10.5. The number of likely N-dealkylation sites (tertiary alicyclic amines) is 1. The summed E-state index contributed by atoms with van der Waals surface area (Å²) in [5.74, 6) is 0.327. The molecule has 2 aliphatic heterocycles. The van der Waals surface area contributed by atoms with Crippen LogP contribution in [0.1, 0.15) is 18.9 Å². The van der Waals surface area contributed by atoms with Gasteiger partial charge >= 0.3 is 0 Å². The van der Waals surface area contributed by atoms with Gasteiger partial charge in [0.2, 0.25) is 0 Å². The van der Waals surface area contributed by atoms with Crippen LogP contribution in [-0.4, -0.2) is 59.8 Å². The molecule has 0 amide bonds. The first-order chi connectivity index (χ1) is 14.2. The van der Waals surface area contributed by atoms with Crippen molar-refractivity contribution >= 4 is 28.3 Å². The van der Waals surface area contributed by atoms with Crippen LogP contribution in [-0.2, 0) is 0 Å². The number of aromatic amines is 1. The van der Waals surface area contributed by atoms with E-state index in [1.807, 2.05) is 34.9 Å². The maximum absolute atomic E-state index is 9.44. The Bertz CT molecular complexity index is 1080. The van der Waals surface area contributed by atoms with Crippen LogP contribution in [0.15, 0.2) is 36.0 Å². The molecule has 4 atom stereocenters. The van der Waals surface area contributed by atoms with Gasteiger partial charge in [0.25, 0.3) is 0 Å². The van der Waals surface area contributed by atoms with Crippen molar-refractivity contribution in [3.8, 4) is 17.3 Å². The molecule has 29 heavy (non-hydrogen) atoms. The van der Waals surface area contributed by atoms with Crippen molar-refractivity contribution in [2.24, 2.45) is 16.6 Å². The first-order valence-electron chi connectivity index (χ1n) is 9.61. The van der Waals surface area contributed by atoms with E-state index in [-0.39, 0.29) is 17.6 Å². The topological polar surface area (TPSA) is 125 Å². The highest BCUT2D eigenvalue weighted by atomic mass is 32.2. The number of hydrogen-bond donors (Lipinski definition) is 2. The molecule has 0 aromatic carbocycles. The number of aromatic nitrogens is 5. The van der Waals surface area contributed by atoms with Gasteiger partial charge in [-0.05, 0) is 18.4 Å². The van der Waals surface area contributed by atoms with Gasteiger partial charge in [0.15, 0.2) is 0 Å². The Morgan fingerprint density at radius 3 is 3.17 bits per heavy atom. The minimum absolute atomic E-state index is 0.0107. The van der Waals surface area contributed by atoms with E-state index in [0.29, 0.717) is 12.3 Å². The molecule has 0 spiro atoms. The number of thioether (sulfide) groups is 1. The summed E-state index contributed by atoms with van der Waals surface area (Å²) in [6.45, 7) is 1.81. The van der Waals surface area contributed by atoms with Gasteiger partial charge in [-0.15, -0.1) is 0 Å². The normalized spacial score (nSPS) is 25.6. The van der Waals surface area contributed by atoms with Gasteiger partial charge < -0.3 is 10.7 Å². The number of nitrogens with two attached hydrogens (primary N) is 1. The minimum atomic E-state index is -0.0130. The zero-order chi connectivity index (χ0) is 19.8. The van der Waals surface area contributed by atoms with Gasteiger partial charge in [-0.1, -0.05) is 11.8 Å². The van der Waals surface area contributed by atoms with Crippen molar-refractivity contribution < 1.29 is 0 Å². The summed E-state index contributed by atoms with van der Waals surface area (Å²) in [7, 11) is 0. The maximum Gasteiger partial charge on any atom is 0.141 e. The average molecular weight is 408 g/mol. The number of fused-ring (bicyclic) bond motifs is 1. The molecule has 3 N–H and O–H groups in total. The van der Waals surface area contributed by atoms with Crippen molar-refractivity contribution in [3.63, 3.8) is 0 Å². The second-order valence-corrected chi connectivity index (χ2v) is 8.44. The van der Waals surface area contributed by atoms with Crippen molar-refractivity contribution in [1.29, 1.82) is 5.26 Å². The third-order valence-electron chi connectivity index (χ3n) is 5.77. The fourth-order valence-electron chi connectivity index (χ4n) is 4.31. The van der Waals surface area contributed by atoms with Gasteiger partial charge in [0, 0.05) is 36.4 Å². The number of nitriles is 1. The van der Waals surface area contributed by atoms with Crippen molar-refractivity contribution in [2.45, 2.75) is 30.4 Å². The molecule has 2 unspecified atom stereocenters. The van der Waals surface area contributed by atoms with Crippen LogP contribution in [0.3, 0.4) is 0 Å². The van der Waals surface area contributed by atoms with Gasteiger partial charge in [0.1, 0.15) is 18.1 Å². The SMILES string of the molecule is N#CC[C@@H]([C@H]1CCN(C2N=CSC2N)C1)n1cc(-c2ncnc3[nH]ccc23)cn1. The van der Waals surface area contributed by atoms with Gasteiger partial charge in [-0.2, -0.15) is 10.4 Å². The third-order valence-corrected chi connectivity index (χ3v) is 6.57. The van der Waals surface area contributed by atoms with Gasteiger partial charge in [-0.25, -0.2) is 9.97 Å². The van der Waals surface area contributed by atoms with Crippen LogP contribution in [0.25, 0.3) is 22.3 Å². The van der Waals surface area contributed by atoms with Gasteiger partial charge in [0.05, 0.1) is 41.3 Å². The number of aliphatic imine (C=N–C) groups is 1. The highest BCUT2D eigenvalue weighted by Crippen LogP contribution is 2.34. The molecular weight excluding hydrogens is 386 g/mol. The largest absolute Gasteiger partial charge is 0.346 e. The lowest BCUT2D eigenvalue weighted by atomic mass is 9.96. The van der Waals surface area contributed by atoms with E-state index in [4.69, 9.17) is 5.73 Å². The zero-order valence-electron chi connectivity index (χ0n) is 15.7. The molecule has 10 heteroatoms. The standard InChI is InChI=1S/C19H21N9S/c20-4-1-15(12-3-6-27(8-12)19-17(21)29-11-25-19)28-9-13(7-26-28)16-14-2-5-22-18(14)24-10-23-16/h2,5,7,9-12,15,17,19H,1,3,6,8,21H2,(H,22,23,24)/t12-,15-,17?,19?/m0/s1. The molecule has 1 saturated heterocycles. The lowest BCUT2D eigenvalue weighted by Gasteiger charge is -2.26. The summed E-state index contributed by atoms with van der Waals surface area (Å²) < 4.78 is 1.93. The number of rotatable bonds is 5. The maximum atomic E-state index is 9.44. The van der Waals surface area contributed by atoms with Crippen LogP contribution in [0.5, 0.6) is 0 Å². The lowest BCUT2D eigenvalue weighted by molar-refractivity contribution is 0.222. The van der Waals surface area contributed by atoms with Gasteiger partial charge in [-0.3, -0.25) is 14.6 Å². The fourth-order valence-corrected chi connectivity index (χ4v) is 5.03. The summed E-state index contributed by atoms with van der Waals surface area (Å²) in [4.78, 5) is 18.6.